The van der Waals surface area contributed by atoms with E-state index in [-0.39, 0.29) is 6.61 Å². The minimum atomic E-state index is -0.435. The van der Waals surface area contributed by atoms with Crippen molar-refractivity contribution in [1.29, 1.82) is 0 Å². The minimum absolute atomic E-state index is 0.263. The normalized spacial score (nSPS) is 10.9. The van der Waals surface area contributed by atoms with E-state index in [1.165, 1.54) is 0 Å². The quantitative estimate of drug-likeness (QED) is 0.682. The minimum Gasteiger partial charge on any atom is -0.445 e. The van der Waals surface area contributed by atoms with E-state index in [0.29, 0.717) is 6.54 Å². The number of fused-ring (bicyclic) bond motifs is 1. The van der Waals surface area contributed by atoms with Crippen molar-refractivity contribution in [1.82, 2.24) is 5.32 Å². The lowest BCUT2D eigenvalue weighted by Gasteiger charge is -2.06. The zero-order valence-corrected chi connectivity index (χ0v) is 13.8. The number of benzene rings is 3. The average Bonchev–Trinajstić information content (AvgIpc) is 2.65. The number of anilines is 1. The number of carbonyl (C=O) groups excluding carboxylic acids is 1. The molecule has 0 heterocycles. The van der Waals surface area contributed by atoms with Gasteiger partial charge in [0.15, 0.2) is 0 Å². The molecule has 3 rings (SSSR count). The van der Waals surface area contributed by atoms with Crippen LogP contribution in [0.2, 0.25) is 0 Å². The number of rotatable bonds is 5. The Morgan fingerprint density at radius 3 is 2.56 bits per heavy atom. The lowest BCUT2D eigenvalue weighted by Crippen LogP contribution is -2.24. The number of nitrogens with two attached hydrogens (primary N) is 1. The molecule has 0 radical (unpaired) electrons. The fourth-order valence-corrected chi connectivity index (χ4v) is 2.61. The molecule has 0 aliphatic carbocycles. The third-order valence-electron chi connectivity index (χ3n) is 3.86. The fourth-order valence-electron chi connectivity index (χ4n) is 2.61. The van der Waals surface area contributed by atoms with Crippen molar-refractivity contribution < 1.29 is 9.53 Å². The van der Waals surface area contributed by atoms with Gasteiger partial charge in [-0.05, 0) is 22.6 Å². The number of nitrogen functional groups attached to an aromatic ring is 1. The Balaban J connectivity index is 1.54. The lowest BCUT2D eigenvalue weighted by atomic mass is 10.0. The summed E-state index contributed by atoms with van der Waals surface area (Å²) in [5, 5.41) is 4.83. The maximum Gasteiger partial charge on any atom is 0.407 e. The molecule has 0 saturated heterocycles. The third kappa shape index (κ3) is 4.38. The van der Waals surface area contributed by atoms with Crippen LogP contribution in [0.1, 0.15) is 11.1 Å². The second-order valence-corrected chi connectivity index (χ2v) is 5.63. The van der Waals surface area contributed by atoms with Crippen LogP contribution in [-0.4, -0.2) is 12.6 Å². The summed E-state index contributed by atoms with van der Waals surface area (Å²) in [5.41, 5.74) is 8.78. The summed E-state index contributed by atoms with van der Waals surface area (Å²) < 4.78 is 5.17. The van der Waals surface area contributed by atoms with Crippen LogP contribution < -0.4 is 11.1 Å². The number of ether oxygens (including phenoxy) is 1. The zero-order chi connectivity index (χ0) is 17.5. The van der Waals surface area contributed by atoms with Gasteiger partial charge in [-0.25, -0.2) is 4.79 Å². The number of hydrogen-bond donors (Lipinski definition) is 2. The van der Waals surface area contributed by atoms with Crippen LogP contribution in [0.25, 0.3) is 16.8 Å². The highest BCUT2D eigenvalue weighted by atomic mass is 16.5. The van der Waals surface area contributed by atoms with Gasteiger partial charge in [0.25, 0.3) is 0 Å². The third-order valence-corrected chi connectivity index (χ3v) is 3.86. The largest absolute Gasteiger partial charge is 0.445 e. The molecule has 0 bridgehead atoms. The predicted molar refractivity (Wildman–Crippen MR) is 102 cm³/mol. The van der Waals surface area contributed by atoms with Crippen LogP contribution in [-0.2, 0) is 11.3 Å². The molecule has 126 valence electrons. The molecule has 4 heteroatoms. The van der Waals surface area contributed by atoms with Crippen molar-refractivity contribution in [2.75, 3.05) is 12.3 Å². The topological polar surface area (TPSA) is 64.3 Å². The van der Waals surface area contributed by atoms with Gasteiger partial charge in [0, 0.05) is 17.6 Å². The van der Waals surface area contributed by atoms with Gasteiger partial charge in [-0.15, -0.1) is 0 Å². The van der Waals surface area contributed by atoms with Crippen LogP contribution in [0.4, 0.5) is 10.5 Å². The Morgan fingerprint density at radius 2 is 1.72 bits per heavy atom. The maximum absolute atomic E-state index is 11.7. The highest BCUT2D eigenvalue weighted by molar-refractivity contribution is 5.97. The maximum atomic E-state index is 11.7. The van der Waals surface area contributed by atoms with Gasteiger partial charge in [0.1, 0.15) is 6.61 Å². The number of carbonyl (C=O) groups is 1. The summed E-state index contributed by atoms with van der Waals surface area (Å²) in [4.78, 5) is 11.7. The molecule has 0 aromatic heterocycles. The van der Waals surface area contributed by atoms with Crippen molar-refractivity contribution in [3.05, 3.63) is 83.9 Å². The first-order chi connectivity index (χ1) is 12.2. The molecule has 0 fully saturated rings. The molecular formula is C21H20N2O2. The van der Waals surface area contributed by atoms with Crippen molar-refractivity contribution in [3.8, 4) is 0 Å². The smallest absolute Gasteiger partial charge is 0.407 e. The van der Waals surface area contributed by atoms with Crippen molar-refractivity contribution in [3.63, 3.8) is 0 Å². The van der Waals surface area contributed by atoms with E-state index >= 15 is 0 Å². The molecule has 1 amide bonds. The second kappa shape index (κ2) is 8.02. The average molecular weight is 332 g/mol. The van der Waals surface area contributed by atoms with E-state index in [0.717, 1.165) is 27.6 Å². The number of hydrogen-bond acceptors (Lipinski definition) is 3. The monoisotopic (exact) mass is 332 g/mol. The van der Waals surface area contributed by atoms with E-state index in [2.05, 4.69) is 5.32 Å². The Hall–Kier alpha value is -3.27. The predicted octanol–water partition coefficient (Wildman–Crippen LogP) is 4.36. The lowest BCUT2D eigenvalue weighted by molar-refractivity contribution is 0.141. The molecule has 0 aliphatic rings. The summed E-state index contributed by atoms with van der Waals surface area (Å²) >= 11 is 0. The highest BCUT2D eigenvalue weighted by Gasteiger charge is 2.02. The number of alkyl carbamates (subject to hydrolysis) is 1. The molecule has 3 aromatic rings. The van der Waals surface area contributed by atoms with Crippen molar-refractivity contribution >= 4 is 28.6 Å². The Morgan fingerprint density at radius 1 is 0.960 bits per heavy atom. The first-order valence-electron chi connectivity index (χ1n) is 8.12. The van der Waals surface area contributed by atoms with Gasteiger partial charge in [0.05, 0.1) is 0 Å². The van der Waals surface area contributed by atoms with Crippen LogP contribution in [0.5, 0.6) is 0 Å². The molecule has 25 heavy (non-hydrogen) atoms. The second-order valence-electron chi connectivity index (χ2n) is 5.63. The molecule has 0 aliphatic heterocycles. The van der Waals surface area contributed by atoms with Crippen LogP contribution in [0.15, 0.2) is 72.8 Å². The van der Waals surface area contributed by atoms with Crippen LogP contribution in [0.3, 0.4) is 0 Å². The molecule has 3 N–H and O–H groups in total. The standard InChI is InChI=1S/C21H20N2O2/c22-20-13-5-11-18-17(9-4-12-19(18)20)10-6-14-23-21(24)25-15-16-7-2-1-3-8-16/h1-13H,14-15,22H2,(H,23,24). The number of amides is 1. The van der Waals surface area contributed by atoms with Crippen molar-refractivity contribution in [2.45, 2.75) is 6.61 Å². The first kappa shape index (κ1) is 16.6. The Labute approximate surface area is 146 Å². The van der Waals surface area contributed by atoms with E-state index in [1.807, 2.05) is 78.9 Å². The molecule has 0 unspecified atom stereocenters. The van der Waals surface area contributed by atoms with E-state index < -0.39 is 6.09 Å². The van der Waals surface area contributed by atoms with E-state index in [9.17, 15) is 4.79 Å². The molecular weight excluding hydrogens is 312 g/mol. The van der Waals surface area contributed by atoms with Gasteiger partial charge in [-0.1, -0.05) is 72.8 Å². The molecule has 4 nitrogen and oxygen atoms in total. The van der Waals surface area contributed by atoms with Crippen LogP contribution >= 0.6 is 0 Å². The Kier molecular flexibility index (Phi) is 5.32. The molecule has 0 spiro atoms. The zero-order valence-electron chi connectivity index (χ0n) is 13.8. The molecule has 0 saturated carbocycles. The summed E-state index contributed by atoms with van der Waals surface area (Å²) in [7, 11) is 0. The highest BCUT2D eigenvalue weighted by Crippen LogP contribution is 2.24. The van der Waals surface area contributed by atoms with Gasteiger partial charge >= 0.3 is 6.09 Å². The summed E-state index contributed by atoms with van der Waals surface area (Å²) in [6, 6.07) is 21.4. The SMILES string of the molecule is Nc1cccc2c(C=CCNC(=O)OCc3ccccc3)cccc12. The summed E-state index contributed by atoms with van der Waals surface area (Å²) in [6.07, 6.45) is 3.43. The fraction of sp³-hybridized carbons (Fsp3) is 0.0952. The number of nitrogens with one attached hydrogen (secondary N) is 1. The Bertz CT molecular complexity index is 889. The summed E-state index contributed by atoms with van der Waals surface area (Å²) in [5.74, 6) is 0. The van der Waals surface area contributed by atoms with Gasteiger partial charge in [-0.3, -0.25) is 0 Å². The summed E-state index contributed by atoms with van der Waals surface area (Å²) in [6.45, 7) is 0.658. The first-order valence-corrected chi connectivity index (χ1v) is 8.12. The van der Waals surface area contributed by atoms with Gasteiger partial charge < -0.3 is 15.8 Å². The van der Waals surface area contributed by atoms with Crippen LogP contribution in [0, 0.1) is 0 Å². The van der Waals surface area contributed by atoms with Crippen molar-refractivity contribution in [2.24, 2.45) is 0 Å². The van der Waals surface area contributed by atoms with E-state index in [4.69, 9.17) is 10.5 Å². The van der Waals surface area contributed by atoms with E-state index in [1.54, 1.807) is 0 Å². The molecule has 0 atom stereocenters. The molecule has 3 aromatic carbocycles. The van der Waals surface area contributed by atoms with Gasteiger partial charge in [-0.2, -0.15) is 0 Å². The van der Waals surface area contributed by atoms with Gasteiger partial charge in [0.2, 0.25) is 0 Å².